The van der Waals surface area contributed by atoms with Crippen LogP contribution in [0.1, 0.15) is 46.0 Å². The Morgan fingerprint density at radius 1 is 1.05 bits per heavy atom. The number of aromatic nitrogens is 2. The van der Waals surface area contributed by atoms with Crippen molar-refractivity contribution in [3.63, 3.8) is 0 Å². The van der Waals surface area contributed by atoms with Crippen molar-refractivity contribution in [2.75, 3.05) is 5.32 Å². The molecule has 1 unspecified atom stereocenters. The number of fused-ring (bicyclic) bond motifs is 1. The fraction of sp³-hybridized carbons (Fsp3) is 0.500. The molecule has 1 aromatic carbocycles. The first kappa shape index (κ1) is 13.8. The van der Waals surface area contributed by atoms with E-state index in [9.17, 15) is 0 Å². The van der Waals surface area contributed by atoms with E-state index >= 15 is 0 Å². The Morgan fingerprint density at radius 2 is 1.84 bits per heavy atom. The summed E-state index contributed by atoms with van der Waals surface area (Å²) in [7, 11) is 0. The van der Waals surface area contributed by atoms with Gasteiger partial charge in [-0.05, 0) is 31.5 Å². The third-order valence-corrected chi connectivity index (χ3v) is 3.37. The molecule has 0 spiro atoms. The third kappa shape index (κ3) is 4.19. The number of benzene rings is 1. The largest absolute Gasteiger partial charge is 0.383 e. The first-order valence-electron chi connectivity index (χ1n) is 7.27. The van der Waals surface area contributed by atoms with Gasteiger partial charge in [0, 0.05) is 24.1 Å². The molecule has 0 aliphatic carbocycles. The number of hydrogen-bond acceptors (Lipinski definition) is 3. The Labute approximate surface area is 115 Å². The van der Waals surface area contributed by atoms with E-state index in [-0.39, 0.29) is 0 Å². The first-order chi connectivity index (χ1) is 9.29. The highest BCUT2D eigenvalue weighted by Gasteiger charge is 2.03. The van der Waals surface area contributed by atoms with Crippen molar-refractivity contribution in [2.45, 2.75) is 52.0 Å². The summed E-state index contributed by atoms with van der Waals surface area (Å²) in [5, 5.41) is 3.54. The van der Waals surface area contributed by atoms with E-state index in [1.165, 1.54) is 32.1 Å². The zero-order valence-electron chi connectivity index (χ0n) is 11.9. The summed E-state index contributed by atoms with van der Waals surface area (Å²) in [6.45, 7) is 4.49. The third-order valence-electron chi connectivity index (χ3n) is 3.37. The first-order valence-corrected chi connectivity index (χ1v) is 7.27. The molecule has 0 aliphatic rings. The van der Waals surface area contributed by atoms with Crippen molar-refractivity contribution in [1.29, 1.82) is 0 Å². The van der Waals surface area contributed by atoms with Crippen molar-refractivity contribution in [1.82, 2.24) is 9.97 Å². The lowest BCUT2D eigenvalue weighted by Crippen LogP contribution is -2.14. The lowest BCUT2D eigenvalue weighted by atomic mass is 10.1. The van der Waals surface area contributed by atoms with Crippen LogP contribution in [0.5, 0.6) is 0 Å². The molecule has 3 nitrogen and oxygen atoms in total. The minimum atomic E-state index is 0.506. The summed E-state index contributed by atoms with van der Waals surface area (Å²) < 4.78 is 0. The van der Waals surface area contributed by atoms with Gasteiger partial charge in [0.1, 0.15) is 0 Å². The van der Waals surface area contributed by atoms with Gasteiger partial charge in [0.25, 0.3) is 0 Å². The number of nitrogens with zero attached hydrogens (tertiary/aromatic N) is 2. The quantitative estimate of drug-likeness (QED) is 0.747. The molecule has 0 saturated carbocycles. The standard InChI is InChI=1S/C16H23N3/c1-3-4-5-6-7-13(2)19-14-8-9-15-16(12-14)18-11-10-17-15/h8-13,19H,3-7H2,1-2H3. The highest BCUT2D eigenvalue weighted by molar-refractivity contribution is 5.78. The van der Waals surface area contributed by atoms with Gasteiger partial charge < -0.3 is 5.32 Å². The SMILES string of the molecule is CCCCCCC(C)Nc1ccc2nccnc2c1. The zero-order valence-corrected chi connectivity index (χ0v) is 11.9. The topological polar surface area (TPSA) is 37.8 Å². The van der Waals surface area contributed by atoms with Crippen LogP contribution in [0.4, 0.5) is 5.69 Å². The molecule has 2 rings (SSSR count). The number of anilines is 1. The maximum atomic E-state index is 4.33. The minimum absolute atomic E-state index is 0.506. The average Bonchev–Trinajstić information content (AvgIpc) is 2.43. The maximum Gasteiger partial charge on any atom is 0.0907 e. The smallest absolute Gasteiger partial charge is 0.0907 e. The molecule has 1 atom stereocenters. The van der Waals surface area contributed by atoms with Gasteiger partial charge in [-0.15, -0.1) is 0 Å². The molecule has 2 aromatic rings. The summed E-state index contributed by atoms with van der Waals surface area (Å²) in [6.07, 6.45) is 9.97. The van der Waals surface area contributed by atoms with Gasteiger partial charge in [0.15, 0.2) is 0 Å². The van der Waals surface area contributed by atoms with Crippen LogP contribution in [-0.4, -0.2) is 16.0 Å². The van der Waals surface area contributed by atoms with E-state index < -0.39 is 0 Å². The highest BCUT2D eigenvalue weighted by atomic mass is 14.9. The zero-order chi connectivity index (χ0) is 13.5. The van der Waals surface area contributed by atoms with Gasteiger partial charge in [-0.3, -0.25) is 9.97 Å². The van der Waals surface area contributed by atoms with Crippen molar-refractivity contribution in [3.05, 3.63) is 30.6 Å². The molecular formula is C16H23N3. The Bertz CT molecular complexity index is 510. The average molecular weight is 257 g/mol. The number of unbranched alkanes of at least 4 members (excludes halogenated alkanes) is 3. The molecule has 0 saturated heterocycles. The van der Waals surface area contributed by atoms with Crippen LogP contribution in [0.25, 0.3) is 11.0 Å². The summed E-state index contributed by atoms with van der Waals surface area (Å²) in [5.74, 6) is 0. The van der Waals surface area contributed by atoms with Gasteiger partial charge >= 0.3 is 0 Å². The summed E-state index contributed by atoms with van der Waals surface area (Å²) >= 11 is 0. The normalized spacial score (nSPS) is 12.5. The molecule has 0 fully saturated rings. The molecule has 0 amide bonds. The molecule has 19 heavy (non-hydrogen) atoms. The van der Waals surface area contributed by atoms with Crippen molar-refractivity contribution in [2.24, 2.45) is 0 Å². The van der Waals surface area contributed by atoms with Crippen molar-refractivity contribution in [3.8, 4) is 0 Å². The van der Waals surface area contributed by atoms with E-state index in [0.29, 0.717) is 6.04 Å². The Morgan fingerprint density at radius 3 is 2.63 bits per heavy atom. The van der Waals surface area contributed by atoms with Gasteiger partial charge in [-0.25, -0.2) is 0 Å². The van der Waals surface area contributed by atoms with E-state index in [0.717, 1.165) is 16.7 Å². The fourth-order valence-corrected chi connectivity index (χ4v) is 2.29. The Kier molecular flexibility index (Phi) is 5.13. The summed E-state index contributed by atoms with van der Waals surface area (Å²) in [6, 6.07) is 6.69. The van der Waals surface area contributed by atoms with E-state index in [1.54, 1.807) is 12.4 Å². The van der Waals surface area contributed by atoms with Gasteiger partial charge in [-0.1, -0.05) is 32.6 Å². The number of rotatable bonds is 7. The molecule has 0 radical (unpaired) electrons. The Hall–Kier alpha value is -1.64. The summed E-state index contributed by atoms with van der Waals surface area (Å²) in [4.78, 5) is 8.61. The molecule has 1 aromatic heterocycles. The van der Waals surface area contributed by atoms with Crippen LogP contribution in [0.15, 0.2) is 30.6 Å². The second kappa shape index (κ2) is 7.07. The summed E-state index contributed by atoms with van der Waals surface area (Å²) in [5.41, 5.74) is 3.03. The van der Waals surface area contributed by atoms with Crippen LogP contribution in [0.2, 0.25) is 0 Å². The van der Waals surface area contributed by atoms with Crippen LogP contribution in [-0.2, 0) is 0 Å². The van der Waals surface area contributed by atoms with E-state index in [2.05, 4.69) is 41.3 Å². The molecule has 102 valence electrons. The lowest BCUT2D eigenvalue weighted by molar-refractivity contribution is 0.594. The van der Waals surface area contributed by atoms with Crippen LogP contribution < -0.4 is 5.32 Å². The molecule has 1 heterocycles. The number of nitrogens with one attached hydrogen (secondary N) is 1. The molecular weight excluding hydrogens is 234 g/mol. The second-order valence-corrected chi connectivity index (χ2v) is 5.15. The molecule has 0 bridgehead atoms. The van der Waals surface area contributed by atoms with E-state index in [4.69, 9.17) is 0 Å². The van der Waals surface area contributed by atoms with Crippen LogP contribution in [0, 0.1) is 0 Å². The van der Waals surface area contributed by atoms with Crippen molar-refractivity contribution < 1.29 is 0 Å². The van der Waals surface area contributed by atoms with Gasteiger partial charge in [-0.2, -0.15) is 0 Å². The van der Waals surface area contributed by atoms with Gasteiger partial charge in [0.2, 0.25) is 0 Å². The number of hydrogen-bond donors (Lipinski definition) is 1. The Balaban J connectivity index is 1.89. The van der Waals surface area contributed by atoms with Crippen molar-refractivity contribution >= 4 is 16.7 Å². The lowest BCUT2D eigenvalue weighted by Gasteiger charge is -2.15. The van der Waals surface area contributed by atoms with Gasteiger partial charge in [0.05, 0.1) is 11.0 Å². The predicted molar refractivity (Wildman–Crippen MR) is 81.4 cm³/mol. The molecule has 1 N–H and O–H groups in total. The fourth-order valence-electron chi connectivity index (χ4n) is 2.29. The monoisotopic (exact) mass is 257 g/mol. The molecule has 0 aliphatic heterocycles. The minimum Gasteiger partial charge on any atom is -0.383 e. The van der Waals surface area contributed by atoms with E-state index in [1.807, 2.05) is 6.07 Å². The van der Waals surface area contributed by atoms with Crippen LogP contribution >= 0.6 is 0 Å². The maximum absolute atomic E-state index is 4.33. The highest BCUT2D eigenvalue weighted by Crippen LogP contribution is 2.17. The second-order valence-electron chi connectivity index (χ2n) is 5.15. The predicted octanol–water partition coefficient (Wildman–Crippen LogP) is 4.40. The molecule has 3 heteroatoms. The van der Waals surface area contributed by atoms with Crippen LogP contribution in [0.3, 0.4) is 0 Å².